The monoisotopic (exact) mass is 319 g/mol. The quantitative estimate of drug-likeness (QED) is 0.760. The van der Waals surface area contributed by atoms with E-state index in [1.54, 1.807) is 35.6 Å². The molecule has 0 aliphatic carbocycles. The van der Waals surface area contributed by atoms with Crippen molar-refractivity contribution >= 4 is 17.1 Å². The second-order valence-electron chi connectivity index (χ2n) is 5.32. The Kier molecular flexibility index (Phi) is 6.12. The summed E-state index contributed by atoms with van der Waals surface area (Å²) in [6, 6.07) is 11.1. The van der Waals surface area contributed by atoms with E-state index in [-0.39, 0.29) is 12.4 Å². The highest BCUT2D eigenvalue weighted by molar-refractivity contribution is 7.09. The Morgan fingerprint density at radius 1 is 1.32 bits per heavy atom. The number of ether oxygens (including phenoxy) is 1. The molecule has 22 heavy (non-hydrogen) atoms. The SMILES string of the molecule is CC(=O)c1ccc(OC[C@H](O)CN(C)Cc2cccs2)cc1. The smallest absolute Gasteiger partial charge is 0.159 e. The zero-order chi connectivity index (χ0) is 15.9. The number of nitrogens with zero attached hydrogens (tertiary/aromatic N) is 1. The normalized spacial score (nSPS) is 12.4. The molecule has 1 heterocycles. The van der Waals surface area contributed by atoms with Gasteiger partial charge in [-0.2, -0.15) is 0 Å². The number of thiophene rings is 1. The number of benzene rings is 1. The van der Waals surface area contributed by atoms with E-state index in [2.05, 4.69) is 11.0 Å². The highest BCUT2D eigenvalue weighted by Gasteiger charge is 2.10. The number of rotatable bonds is 8. The third-order valence-electron chi connectivity index (χ3n) is 3.23. The van der Waals surface area contributed by atoms with E-state index in [1.165, 1.54) is 11.8 Å². The van der Waals surface area contributed by atoms with E-state index < -0.39 is 6.10 Å². The summed E-state index contributed by atoms with van der Waals surface area (Å²) in [5.41, 5.74) is 0.656. The second kappa shape index (κ2) is 8.08. The van der Waals surface area contributed by atoms with Gasteiger partial charge in [0.15, 0.2) is 5.78 Å². The van der Waals surface area contributed by atoms with Gasteiger partial charge in [-0.15, -0.1) is 11.3 Å². The first-order chi connectivity index (χ1) is 10.5. The van der Waals surface area contributed by atoms with E-state index in [0.717, 1.165) is 6.54 Å². The number of aliphatic hydroxyl groups excluding tert-OH is 1. The maximum Gasteiger partial charge on any atom is 0.159 e. The van der Waals surface area contributed by atoms with Crippen LogP contribution >= 0.6 is 11.3 Å². The van der Waals surface area contributed by atoms with Crippen LogP contribution in [-0.2, 0) is 6.54 Å². The molecule has 0 unspecified atom stereocenters. The summed E-state index contributed by atoms with van der Waals surface area (Å²) in [6.07, 6.45) is -0.558. The van der Waals surface area contributed by atoms with Crippen molar-refractivity contribution in [3.8, 4) is 5.75 Å². The zero-order valence-electron chi connectivity index (χ0n) is 12.9. The van der Waals surface area contributed by atoms with Gasteiger partial charge >= 0.3 is 0 Å². The Morgan fingerprint density at radius 3 is 2.64 bits per heavy atom. The number of hydrogen-bond acceptors (Lipinski definition) is 5. The summed E-state index contributed by atoms with van der Waals surface area (Å²) >= 11 is 1.71. The molecule has 0 radical (unpaired) electrons. The molecule has 1 aromatic heterocycles. The maximum atomic E-state index is 11.2. The van der Waals surface area contributed by atoms with Crippen LogP contribution in [0.2, 0.25) is 0 Å². The van der Waals surface area contributed by atoms with Gasteiger partial charge in [0.2, 0.25) is 0 Å². The van der Waals surface area contributed by atoms with Gasteiger partial charge < -0.3 is 9.84 Å². The van der Waals surface area contributed by atoms with Gasteiger partial charge in [0.05, 0.1) is 0 Å². The molecule has 0 aliphatic heterocycles. The summed E-state index contributed by atoms with van der Waals surface area (Å²) in [4.78, 5) is 14.5. The molecule has 0 saturated carbocycles. The van der Waals surface area contributed by atoms with Crippen LogP contribution in [0.25, 0.3) is 0 Å². The lowest BCUT2D eigenvalue weighted by Crippen LogP contribution is -2.32. The van der Waals surface area contributed by atoms with Crippen molar-refractivity contribution in [2.75, 3.05) is 20.2 Å². The minimum atomic E-state index is -0.558. The van der Waals surface area contributed by atoms with Crippen LogP contribution in [0, 0.1) is 0 Å². The van der Waals surface area contributed by atoms with Gasteiger partial charge in [-0.25, -0.2) is 0 Å². The van der Waals surface area contributed by atoms with Gasteiger partial charge in [-0.05, 0) is 49.7 Å². The fourth-order valence-corrected chi connectivity index (χ4v) is 2.91. The first-order valence-corrected chi connectivity index (χ1v) is 8.05. The van der Waals surface area contributed by atoms with Crippen molar-refractivity contribution in [2.45, 2.75) is 19.6 Å². The summed E-state index contributed by atoms with van der Waals surface area (Å²) in [5.74, 6) is 0.687. The topological polar surface area (TPSA) is 49.8 Å². The highest BCUT2D eigenvalue weighted by atomic mass is 32.1. The van der Waals surface area contributed by atoms with Crippen LogP contribution in [0.1, 0.15) is 22.2 Å². The molecule has 1 aromatic carbocycles. The van der Waals surface area contributed by atoms with Gasteiger partial charge in [-0.3, -0.25) is 9.69 Å². The van der Waals surface area contributed by atoms with Crippen molar-refractivity contribution in [3.05, 3.63) is 52.2 Å². The molecular weight excluding hydrogens is 298 g/mol. The van der Waals surface area contributed by atoms with Crippen molar-refractivity contribution in [1.29, 1.82) is 0 Å². The summed E-state index contributed by atoms with van der Waals surface area (Å²) in [7, 11) is 1.98. The standard InChI is InChI=1S/C17H21NO3S/c1-13(19)14-5-7-16(8-6-14)21-12-15(20)10-18(2)11-17-4-3-9-22-17/h3-9,15,20H,10-12H2,1-2H3/t15-/m1/s1. The minimum absolute atomic E-state index is 0.0294. The molecule has 0 spiro atoms. The zero-order valence-corrected chi connectivity index (χ0v) is 13.7. The molecule has 2 rings (SSSR count). The van der Waals surface area contributed by atoms with Crippen LogP contribution in [0.3, 0.4) is 0 Å². The second-order valence-corrected chi connectivity index (χ2v) is 6.35. The Hall–Kier alpha value is -1.69. The first kappa shape index (κ1) is 16.7. The molecule has 1 atom stereocenters. The highest BCUT2D eigenvalue weighted by Crippen LogP contribution is 2.14. The Labute approximate surface area is 135 Å². The number of Topliss-reactive ketones (excluding diaryl/α,β-unsaturated/α-hetero) is 1. The predicted octanol–water partition coefficient (Wildman–Crippen LogP) is 2.82. The number of carbonyl (C=O) groups excluding carboxylic acids is 1. The Morgan fingerprint density at radius 2 is 2.05 bits per heavy atom. The van der Waals surface area contributed by atoms with Gasteiger partial charge in [0.25, 0.3) is 0 Å². The first-order valence-electron chi connectivity index (χ1n) is 7.17. The molecule has 2 aromatic rings. The molecule has 1 N–H and O–H groups in total. The van der Waals surface area contributed by atoms with Crippen molar-refractivity contribution in [1.82, 2.24) is 4.90 Å². The van der Waals surface area contributed by atoms with Crippen LogP contribution in [0.15, 0.2) is 41.8 Å². The van der Waals surface area contributed by atoms with Crippen LogP contribution in [-0.4, -0.2) is 42.1 Å². The number of ketones is 1. The molecule has 0 bridgehead atoms. The Bertz CT molecular complexity index is 580. The van der Waals surface area contributed by atoms with E-state index in [0.29, 0.717) is 17.9 Å². The molecule has 0 amide bonds. The van der Waals surface area contributed by atoms with Crippen molar-refractivity contribution in [3.63, 3.8) is 0 Å². The maximum absolute atomic E-state index is 11.2. The van der Waals surface area contributed by atoms with E-state index in [1.807, 2.05) is 18.5 Å². The van der Waals surface area contributed by atoms with Crippen LogP contribution < -0.4 is 4.74 Å². The van der Waals surface area contributed by atoms with E-state index >= 15 is 0 Å². The lowest BCUT2D eigenvalue weighted by atomic mass is 10.1. The minimum Gasteiger partial charge on any atom is -0.491 e. The van der Waals surface area contributed by atoms with Gasteiger partial charge in [0.1, 0.15) is 18.5 Å². The van der Waals surface area contributed by atoms with Crippen molar-refractivity contribution in [2.24, 2.45) is 0 Å². The lowest BCUT2D eigenvalue weighted by molar-refractivity contribution is 0.0746. The fourth-order valence-electron chi connectivity index (χ4n) is 2.12. The molecule has 0 fully saturated rings. The average Bonchev–Trinajstić information content (AvgIpc) is 2.98. The third-order valence-corrected chi connectivity index (χ3v) is 4.09. The Balaban J connectivity index is 1.74. The summed E-state index contributed by atoms with van der Waals surface area (Å²) in [5, 5.41) is 12.1. The molecular formula is C17H21NO3S. The fraction of sp³-hybridized carbons (Fsp3) is 0.353. The molecule has 4 nitrogen and oxygen atoms in total. The van der Waals surface area contributed by atoms with Crippen LogP contribution in [0.5, 0.6) is 5.75 Å². The lowest BCUT2D eigenvalue weighted by Gasteiger charge is -2.20. The largest absolute Gasteiger partial charge is 0.491 e. The summed E-state index contributed by atoms with van der Waals surface area (Å²) < 4.78 is 5.55. The average molecular weight is 319 g/mol. The number of likely N-dealkylation sites (N-methyl/N-ethyl adjacent to an activating group) is 1. The third kappa shape index (κ3) is 5.26. The van der Waals surface area contributed by atoms with E-state index in [4.69, 9.17) is 4.74 Å². The molecule has 118 valence electrons. The van der Waals surface area contributed by atoms with Gasteiger partial charge in [0, 0.05) is 23.5 Å². The molecule has 0 aliphatic rings. The molecule has 5 heteroatoms. The molecule has 0 saturated heterocycles. The number of hydrogen-bond donors (Lipinski definition) is 1. The van der Waals surface area contributed by atoms with Gasteiger partial charge in [-0.1, -0.05) is 6.07 Å². The predicted molar refractivity (Wildman–Crippen MR) is 88.6 cm³/mol. The summed E-state index contributed by atoms with van der Waals surface area (Å²) in [6.45, 7) is 3.13. The van der Waals surface area contributed by atoms with Crippen molar-refractivity contribution < 1.29 is 14.6 Å². The number of carbonyl (C=O) groups is 1. The van der Waals surface area contributed by atoms with Crippen LogP contribution in [0.4, 0.5) is 0 Å². The number of aliphatic hydroxyl groups is 1. The van der Waals surface area contributed by atoms with E-state index in [9.17, 15) is 9.90 Å².